The van der Waals surface area contributed by atoms with Gasteiger partial charge in [-0.1, -0.05) is 0 Å². The van der Waals surface area contributed by atoms with Gasteiger partial charge in [0.15, 0.2) is 0 Å². The van der Waals surface area contributed by atoms with E-state index in [1.54, 1.807) is 25.6 Å². The number of aryl methyl sites for hydroxylation is 1. The van der Waals surface area contributed by atoms with Gasteiger partial charge in [-0.3, -0.25) is 0 Å². The highest BCUT2D eigenvalue weighted by atomic mass is 32.2. The van der Waals surface area contributed by atoms with Gasteiger partial charge in [-0.15, -0.1) is 0 Å². The molecule has 0 heterocycles. The number of hydrogen-bond donors (Lipinski definition) is 1. The highest BCUT2D eigenvalue weighted by Gasteiger charge is 2.18. The summed E-state index contributed by atoms with van der Waals surface area (Å²) >= 11 is 1.78. The summed E-state index contributed by atoms with van der Waals surface area (Å²) in [6, 6.07) is 3.59. The van der Waals surface area contributed by atoms with Crippen LogP contribution in [0.1, 0.15) is 31.1 Å². The maximum atomic E-state index is 13.6. The van der Waals surface area contributed by atoms with Crippen molar-refractivity contribution in [3.8, 4) is 0 Å². The highest BCUT2D eigenvalue weighted by molar-refractivity contribution is 7.98. The molecule has 4 heteroatoms. The number of nitrogens with zero attached hydrogens (tertiary/aromatic N) is 1. The Hall–Kier alpha value is -0.740. The Labute approximate surface area is 113 Å². The lowest BCUT2D eigenvalue weighted by Crippen LogP contribution is -2.32. The molecule has 0 amide bonds. The summed E-state index contributed by atoms with van der Waals surface area (Å²) in [5.41, 5.74) is 2.16. The Morgan fingerprint density at radius 3 is 2.50 bits per heavy atom. The monoisotopic (exact) mass is 271 g/mol. The third-order valence-corrected chi connectivity index (χ3v) is 4.02. The van der Waals surface area contributed by atoms with Gasteiger partial charge in [0.25, 0.3) is 0 Å². The van der Waals surface area contributed by atoms with Crippen LogP contribution >= 0.6 is 11.8 Å². The normalized spacial score (nSPS) is 14.4. The van der Waals surface area contributed by atoms with Gasteiger partial charge < -0.3 is 10.0 Å². The average Bonchev–Trinajstić information content (AvgIpc) is 2.31. The molecule has 0 radical (unpaired) electrons. The van der Waals surface area contributed by atoms with Crippen molar-refractivity contribution in [2.24, 2.45) is 0 Å². The number of thioether (sulfide) groups is 1. The molecule has 0 aliphatic heterocycles. The molecule has 0 saturated carbocycles. The van der Waals surface area contributed by atoms with E-state index in [4.69, 9.17) is 0 Å². The third kappa shape index (κ3) is 3.39. The molecule has 0 fully saturated rings. The van der Waals surface area contributed by atoms with Crippen LogP contribution in [0.15, 0.2) is 12.1 Å². The van der Waals surface area contributed by atoms with Crippen LogP contribution in [0.4, 0.5) is 10.1 Å². The van der Waals surface area contributed by atoms with Gasteiger partial charge in [0.2, 0.25) is 0 Å². The van der Waals surface area contributed by atoms with Gasteiger partial charge in [0, 0.05) is 30.1 Å². The molecule has 0 spiro atoms. The van der Waals surface area contributed by atoms with Crippen molar-refractivity contribution in [3.63, 3.8) is 0 Å². The van der Waals surface area contributed by atoms with Crippen LogP contribution in [0, 0.1) is 12.7 Å². The second-order valence-electron chi connectivity index (χ2n) is 4.75. The Morgan fingerprint density at radius 1 is 1.39 bits per heavy atom. The Morgan fingerprint density at radius 2 is 2.00 bits per heavy atom. The highest BCUT2D eigenvalue weighted by Crippen LogP contribution is 2.30. The summed E-state index contributed by atoms with van der Waals surface area (Å²) < 4.78 is 13.6. The first-order chi connectivity index (χ1) is 8.38. The lowest BCUT2D eigenvalue weighted by molar-refractivity contribution is 0.199. The van der Waals surface area contributed by atoms with E-state index in [0.717, 1.165) is 11.4 Å². The van der Waals surface area contributed by atoms with Crippen LogP contribution in [0.5, 0.6) is 0 Å². The van der Waals surface area contributed by atoms with Crippen LogP contribution < -0.4 is 4.90 Å². The maximum absolute atomic E-state index is 13.6. The van der Waals surface area contributed by atoms with Crippen molar-refractivity contribution < 1.29 is 9.50 Å². The maximum Gasteiger partial charge on any atom is 0.126 e. The average molecular weight is 271 g/mol. The van der Waals surface area contributed by atoms with Gasteiger partial charge >= 0.3 is 0 Å². The predicted octanol–water partition coefficient (Wildman–Crippen LogP) is 3.38. The standard InChI is InChI=1S/C14H22FNOS/c1-9-6-14(16(4)10(2)8-18-5)12(11(3)17)7-13(9)15/h6-7,10-11,17H,8H2,1-5H3/t10?,11-/m0/s1. The fourth-order valence-electron chi connectivity index (χ4n) is 1.91. The van der Waals surface area contributed by atoms with E-state index in [2.05, 4.69) is 18.1 Å². The van der Waals surface area contributed by atoms with Gasteiger partial charge in [-0.05, 0) is 44.7 Å². The molecule has 1 unspecified atom stereocenters. The molecular formula is C14H22FNOS. The minimum absolute atomic E-state index is 0.263. The molecule has 1 rings (SSSR count). The smallest absolute Gasteiger partial charge is 0.126 e. The zero-order chi connectivity index (χ0) is 13.9. The molecule has 0 aromatic heterocycles. The van der Waals surface area contributed by atoms with E-state index in [1.165, 1.54) is 6.07 Å². The van der Waals surface area contributed by atoms with Gasteiger partial charge in [0.1, 0.15) is 5.82 Å². The molecule has 1 aromatic rings. The number of benzene rings is 1. The van der Waals surface area contributed by atoms with E-state index in [-0.39, 0.29) is 5.82 Å². The molecule has 0 aliphatic rings. The number of aliphatic hydroxyl groups is 1. The fraction of sp³-hybridized carbons (Fsp3) is 0.571. The molecule has 2 atom stereocenters. The Kier molecular flexibility index (Phi) is 5.47. The predicted molar refractivity (Wildman–Crippen MR) is 78.0 cm³/mol. The van der Waals surface area contributed by atoms with E-state index in [0.29, 0.717) is 17.2 Å². The molecule has 0 saturated heterocycles. The van der Waals surface area contributed by atoms with E-state index >= 15 is 0 Å². The lowest BCUT2D eigenvalue weighted by Gasteiger charge is -2.30. The van der Waals surface area contributed by atoms with Crippen LogP contribution in [-0.4, -0.2) is 30.2 Å². The van der Waals surface area contributed by atoms with Crippen LogP contribution in [0.25, 0.3) is 0 Å². The summed E-state index contributed by atoms with van der Waals surface area (Å²) in [5.74, 6) is 0.729. The minimum atomic E-state index is -0.668. The number of anilines is 1. The molecule has 1 aromatic carbocycles. The summed E-state index contributed by atoms with van der Waals surface area (Å²) in [7, 11) is 1.99. The molecule has 1 N–H and O–H groups in total. The van der Waals surface area contributed by atoms with E-state index in [9.17, 15) is 9.50 Å². The first kappa shape index (κ1) is 15.3. The van der Waals surface area contributed by atoms with E-state index in [1.807, 2.05) is 13.1 Å². The zero-order valence-electron chi connectivity index (χ0n) is 11.7. The summed E-state index contributed by atoms with van der Waals surface area (Å²) in [5, 5.41) is 9.78. The van der Waals surface area contributed by atoms with Crippen LogP contribution in [-0.2, 0) is 0 Å². The van der Waals surface area contributed by atoms with Crippen molar-refractivity contribution in [1.82, 2.24) is 0 Å². The van der Waals surface area contributed by atoms with Gasteiger partial charge in [0.05, 0.1) is 6.10 Å². The minimum Gasteiger partial charge on any atom is -0.389 e. The number of halogens is 1. The quantitative estimate of drug-likeness (QED) is 0.888. The Bertz CT molecular complexity index is 409. The van der Waals surface area contributed by atoms with E-state index < -0.39 is 6.10 Å². The van der Waals surface area contributed by atoms with Crippen molar-refractivity contribution in [3.05, 3.63) is 29.1 Å². The second kappa shape index (κ2) is 6.43. The SMILES string of the molecule is CSCC(C)N(C)c1cc(C)c(F)cc1[C@H](C)O. The fourth-order valence-corrected chi connectivity index (χ4v) is 2.62. The summed E-state index contributed by atoms with van der Waals surface area (Å²) in [4.78, 5) is 2.10. The van der Waals surface area contributed by atoms with Crippen molar-refractivity contribution in [2.75, 3.05) is 24.0 Å². The van der Waals surface area contributed by atoms with Gasteiger partial charge in [-0.2, -0.15) is 11.8 Å². The van der Waals surface area contributed by atoms with Crippen LogP contribution in [0.3, 0.4) is 0 Å². The number of aliphatic hydroxyl groups excluding tert-OH is 1. The molecule has 18 heavy (non-hydrogen) atoms. The molecule has 102 valence electrons. The molecule has 0 aliphatic carbocycles. The topological polar surface area (TPSA) is 23.5 Å². The molecular weight excluding hydrogens is 249 g/mol. The first-order valence-electron chi connectivity index (χ1n) is 6.08. The van der Waals surface area contributed by atoms with Crippen molar-refractivity contribution in [2.45, 2.75) is 32.9 Å². The molecule has 0 bridgehead atoms. The first-order valence-corrected chi connectivity index (χ1v) is 7.47. The third-order valence-electron chi connectivity index (χ3n) is 3.21. The summed E-state index contributed by atoms with van der Waals surface area (Å²) in [6.45, 7) is 5.54. The zero-order valence-corrected chi connectivity index (χ0v) is 12.5. The van der Waals surface area contributed by atoms with Crippen LogP contribution in [0.2, 0.25) is 0 Å². The van der Waals surface area contributed by atoms with Crippen molar-refractivity contribution in [1.29, 1.82) is 0 Å². The summed E-state index contributed by atoms with van der Waals surface area (Å²) in [6.07, 6.45) is 1.40. The Balaban J connectivity index is 3.17. The van der Waals surface area contributed by atoms with Crippen molar-refractivity contribution >= 4 is 17.4 Å². The number of hydrogen-bond acceptors (Lipinski definition) is 3. The number of rotatable bonds is 5. The molecule has 2 nitrogen and oxygen atoms in total. The largest absolute Gasteiger partial charge is 0.389 e. The second-order valence-corrected chi connectivity index (χ2v) is 5.66. The lowest BCUT2D eigenvalue weighted by atomic mass is 10.0. The van der Waals surface area contributed by atoms with Gasteiger partial charge in [-0.25, -0.2) is 4.39 Å².